The molecule has 0 aliphatic heterocycles. The van der Waals surface area contributed by atoms with Gasteiger partial charge in [0.2, 0.25) is 5.91 Å². The second-order valence-electron chi connectivity index (χ2n) is 5.73. The smallest absolute Gasteiger partial charge is 0.266 e. The van der Waals surface area contributed by atoms with Gasteiger partial charge < -0.3 is 5.32 Å². The van der Waals surface area contributed by atoms with Crippen molar-refractivity contribution >= 4 is 23.3 Å². The first-order valence-corrected chi connectivity index (χ1v) is 9.02. The predicted octanol–water partition coefficient (Wildman–Crippen LogP) is 1.94. The molecule has 0 spiro atoms. The van der Waals surface area contributed by atoms with Gasteiger partial charge in [0.25, 0.3) is 5.56 Å². The molecule has 3 rings (SSSR count). The highest BCUT2D eigenvalue weighted by molar-refractivity contribution is 7.10. The predicted molar refractivity (Wildman–Crippen MR) is 101 cm³/mol. The van der Waals surface area contributed by atoms with Crippen molar-refractivity contribution in [2.24, 2.45) is 0 Å². The largest absolute Gasteiger partial charge is 0.351 e. The molecule has 1 amide bonds. The molecule has 3 aromatic heterocycles. The van der Waals surface area contributed by atoms with Gasteiger partial charge in [-0.2, -0.15) is 5.10 Å². The number of carbonyl (C=O) groups is 1. The quantitative estimate of drug-likeness (QED) is 0.673. The number of nitrogens with one attached hydrogen (secondary N) is 1. The molecule has 0 aliphatic rings. The number of nitrogens with zero attached hydrogens (tertiary/aromatic N) is 4. The standard InChI is InChI=1S/C18H19N5O2S/c1-13-12-14(2)23(20-13)16-6-8-18(25)22(21-16)10-9-19-17(24)7-5-15-4-3-11-26-15/h3-8,11-12H,9-10H2,1-2H3,(H,19,24). The summed E-state index contributed by atoms with van der Waals surface area (Å²) in [4.78, 5) is 24.8. The van der Waals surface area contributed by atoms with Gasteiger partial charge in [-0.15, -0.1) is 16.4 Å². The Balaban J connectivity index is 1.63. The van der Waals surface area contributed by atoms with Crippen molar-refractivity contribution in [3.05, 3.63) is 68.4 Å². The molecule has 0 aromatic carbocycles. The topological polar surface area (TPSA) is 81.8 Å². The van der Waals surface area contributed by atoms with E-state index in [-0.39, 0.29) is 18.0 Å². The zero-order chi connectivity index (χ0) is 18.5. The normalized spacial score (nSPS) is 11.2. The molecule has 0 fully saturated rings. The van der Waals surface area contributed by atoms with Crippen LogP contribution in [0.15, 0.2) is 46.6 Å². The molecule has 0 atom stereocenters. The van der Waals surface area contributed by atoms with Crippen molar-refractivity contribution in [3.8, 4) is 5.82 Å². The van der Waals surface area contributed by atoms with E-state index < -0.39 is 0 Å². The molecule has 8 heteroatoms. The Bertz CT molecular complexity index is 985. The number of aryl methyl sites for hydroxylation is 2. The molecule has 134 valence electrons. The van der Waals surface area contributed by atoms with Crippen LogP contribution < -0.4 is 10.9 Å². The van der Waals surface area contributed by atoms with Crippen LogP contribution in [0.25, 0.3) is 11.9 Å². The van der Waals surface area contributed by atoms with Gasteiger partial charge >= 0.3 is 0 Å². The Labute approximate surface area is 154 Å². The zero-order valence-corrected chi connectivity index (χ0v) is 15.4. The second kappa shape index (κ2) is 7.92. The molecule has 0 saturated heterocycles. The SMILES string of the molecule is Cc1cc(C)n(-c2ccc(=O)n(CCNC(=O)C=Cc3cccs3)n2)n1. The van der Waals surface area contributed by atoms with Crippen molar-refractivity contribution in [1.29, 1.82) is 0 Å². The van der Waals surface area contributed by atoms with Gasteiger partial charge in [0.15, 0.2) is 5.82 Å². The van der Waals surface area contributed by atoms with E-state index in [0.717, 1.165) is 16.3 Å². The van der Waals surface area contributed by atoms with Gasteiger partial charge in [-0.05, 0) is 43.5 Å². The first-order chi connectivity index (χ1) is 12.5. The molecule has 0 aliphatic carbocycles. The highest BCUT2D eigenvalue weighted by Gasteiger charge is 2.07. The average Bonchev–Trinajstić information content (AvgIpc) is 3.24. The maximum atomic E-state index is 12.0. The van der Waals surface area contributed by atoms with Crippen LogP contribution in [-0.2, 0) is 11.3 Å². The number of amides is 1. The summed E-state index contributed by atoms with van der Waals surface area (Å²) in [7, 11) is 0. The van der Waals surface area contributed by atoms with Crippen LogP contribution in [0.5, 0.6) is 0 Å². The third kappa shape index (κ3) is 4.34. The van der Waals surface area contributed by atoms with E-state index in [0.29, 0.717) is 12.4 Å². The molecular formula is C18H19N5O2S. The number of carbonyl (C=O) groups excluding carboxylic acids is 1. The third-order valence-electron chi connectivity index (χ3n) is 3.64. The van der Waals surface area contributed by atoms with Crippen molar-refractivity contribution in [3.63, 3.8) is 0 Å². The van der Waals surface area contributed by atoms with E-state index in [1.165, 1.54) is 16.8 Å². The minimum absolute atomic E-state index is 0.207. The number of hydrogen-bond donors (Lipinski definition) is 1. The van der Waals surface area contributed by atoms with E-state index >= 15 is 0 Å². The monoisotopic (exact) mass is 369 g/mol. The number of aromatic nitrogens is 4. The Morgan fingerprint density at radius 3 is 2.81 bits per heavy atom. The van der Waals surface area contributed by atoms with Crippen molar-refractivity contribution in [2.75, 3.05) is 6.54 Å². The molecule has 0 bridgehead atoms. The van der Waals surface area contributed by atoms with E-state index in [2.05, 4.69) is 15.5 Å². The number of thiophene rings is 1. The lowest BCUT2D eigenvalue weighted by Gasteiger charge is -2.08. The van der Waals surface area contributed by atoms with Crippen LogP contribution in [0.2, 0.25) is 0 Å². The Kier molecular flexibility index (Phi) is 5.43. The van der Waals surface area contributed by atoms with Gasteiger partial charge in [-0.3, -0.25) is 9.59 Å². The lowest BCUT2D eigenvalue weighted by molar-refractivity contribution is -0.116. The minimum Gasteiger partial charge on any atom is -0.351 e. The summed E-state index contributed by atoms with van der Waals surface area (Å²) in [5.41, 5.74) is 1.60. The maximum Gasteiger partial charge on any atom is 0.266 e. The lowest BCUT2D eigenvalue weighted by atomic mass is 10.4. The average molecular weight is 369 g/mol. The van der Waals surface area contributed by atoms with Gasteiger partial charge in [0.05, 0.1) is 12.2 Å². The molecule has 1 N–H and O–H groups in total. The molecule has 0 unspecified atom stereocenters. The van der Waals surface area contributed by atoms with Crippen LogP contribution in [0.1, 0.15) is 16.3 Å². The number of hydrogen-bond acceptors (Lipinski definition) is 5. The zero-order valence-electron chi connectivity index (χ0n) is 14.5. The summed E-state index contributed by atoms with van der Waals surface area (Å²) in [6, 6.07) is 8.90. The molecule has 0 saturated carbocycles. The maximum absolute atomic E-state index is 12.0. The fourth-order valence-corrected chi connectivity index (χ4v) is 3.08. The van der Waals surface area contributed by atoms with Crippen molar-refractivity contribution in [1.82, 2.24) is 24.9 Å². The van der Waals surface area contributed by atoms with Gasteiger partial charge in [0.1, 0.15) is 0 Å². The summed E-state index contributed by atoms with van der Waals surface area (Å²) in [5.74, 6) is 0.361. The van der Waals surface area contributed by atoms with Crippen LogP contribution in [0.3, 0.4) is 0 Å². The van der Waals surface area contributed by atoms with Gasteiger partial charge in [-0.1, -0.05) is 6.07 Å². The third-order valence-corrected chi connectivity index (χ3v) is 4.48. The highest BCUT2D eigenvalue weighted by atomic mass is 32.1. The summed E-state index contributed by atoms with van der Waals surface area (Å²) < 4.78 is 3.02. The van der Waals surface area contributed by atoms with E-state index in [1.54, 1.807) is 28.2 Å². The second-order valence-corrected chi connectivity index (χ2v) is 6.71. The minimum atomic E-state index is -0.223. The van der Waals surface area contributed by atoms with Crippen molar-refractivity contribution in [2.45, 2.75) is 20.4 Å². The van der Waals surface area contributed by atoms with E-state index in [4.69, 9.17) is 0 Å². The molecule has 0 radical (unpaired) electrons. The molecular weight excluding hydrogens is 350 g/mol. The summed E-state index contributed by atoms with van der Waals surface area (Å²) >= 11 is 1.56. The fraction of sp³-hybridized carbons (Fsp3) is 0.222. The van der Waals surface area contributed by atoms with Crippen LogP contribution in [-0.4, -0.2) is 32.0 Å². The molecule has 3 aromatic rings. The van der Waals surface area contributed by atoms with Crippen LogP contribution >= 0.6 is 11.3 Å². The fourth-order valence-electron chi connectivity index (χ4n) is 2.46. The Morgan fingerprint density at radius 2 is 2.12 bits per heavy atom. The van der Waals surface area contributed by atoms with Crippen LogP contribution in [0, 0.1) is 13.8 Å². The molecule has 3 heterocycles. The first kappa shape index (κ1) is 17.8. The van der Waals surface area contributed by atoms with E-state index in [9.17, 15) is 9.59 Å². The van der Waals surface area contributed by atoms with Gasteiger partial charge in [-0.25, -0.2) is 9.36 Å². The summed E-state index contributed by atoms with van der Waals surface area (Å²) in [6.07, 6.45) is 3.24. The van der Waals surface area contributed by atoms with Gasteiger partial charge in [0, 0.05) is 29.3 Å². The number of rotatable bonds is 6. The van der Waals surface area contributed by atoms with Crippen molar-refractivity contribution < 1.29 is 4.79 Å². The summed E-state index contributed by atoms with van der Waals surface area (Å²) in [6.45, 7) is 4.42. The van der Waals surface area contributed by atoms with Crippen LogP contribution in [0.4, 0.5) is 0 Å². The Hall–Kier alpha value is -3.00. The van der Waals surface area contributed by atoms with E-state index in [1.807, 2.05) is 37.4 Å². The molecule has 7 nitrogen and oxygen atoms in total. The lowest BCUT2D eigenvalue weighted by Crippen LogP contribution is -2.31. The highest BCUT2D eigenvalue weighted by Crippen LogP contribution is 2.10. The summed E-state index contributed by atoms with van der Waals surface area (Å²) in [5, 5.41) is 13.4. The molecule has 26 heavy (non-hydrogen) atoms. The first-order valence-electron chi connectivity index (χ1n) is 8.14. The Morgan fingerprint density at radius 1 is 1.27 bits per heavy atom.